The third-order valence-electron chi connectivity index (χ3n) is 5.81. The molecule has 3 heterocycles. The zero-order valence-electron chi connectivity index (χ0n) is 16.0. The van der Waals surface area contributed by atoms with Crippen molar-refractivity contribution >= 4 is 16.8 Å². The topological polar surface area (TPSA) is 66.6 Å². The molecule has 0 bridgehead atoms. The monoisotopic (exact) mass is 371 g/mol. The Hall–Kier alpha value is -2.05. The molecule has 1 atom stereocenters. The number of methoxy groups -OCH3 is 1. The third kappa shape index (κ3) is 4.28. The average molecular weight is 371 g/mol. The highest BCUT2D eigenvalue weighted by Gasteiger charge is 2.25. The Morgan fingerprint density at radius 3 is 2.93 bits per heavy atom. The molecule has 6 nitrogen and oxygen atoms in total. The molecule has 1 unspecified atom stereocenters. The fourth-order valence-corrected chi connectivity index (χ4v) is 4.33. The maximum atomic E-state index is 12.6. The number of aromatic nitrogens is 1. The lowest BCUT2D eigenvalue weighted by molar-refractivity contribution is -0.121. The summed E-state index contributed by atoms with van der Waals surface area (Å²) in [6, 6.07) is 6.17. The van der Waals surface area contributed by atoms with Gasteiger partial charge in [0.1, 0.15) is 5.75 Å². The van der Waals surface area contributed by atoms with Crippen molar-refractivity contribution in [1.82, 2.24) is 15.2 Å². The van der Waals surface area contributed by atoms with E-state index in [1.165, 1.54) is 6.42 Å². The molecule has 1 amide bonds. The second-order valence-corrected chi connectivity index (χ2v) is 7.75. The zero-order chi connectivity index (χ0) is 18.6. The maximum Gasteiger partial charge on any atom is 0.224 e. The molecule has 6 heteroatoms. The second kappa shape index (κ2) is 8.31. The lowest BCUT2D eigenvalue weighted by atomic mass is 10.0. The molecule has 146 valence electrons. The fourth-order valence-electron chi connectivity index (χ4n) is 4.33. The van der Waals surface area contributed by atoms with Crippen LogP contribution in [0.3, 0.4) is 0 Å². The van der Waals surface area contributed by atoms with Gasteiger partial charge in [-0.2, -0.15) is 0 Å². The standard InChI is InChI=1S/C21H29N3O3/c1-26-19-4-2-3-18-21(19)16(12-22-18)11-20(25)23-17-5-8-24(9-6-17)13-15-7-10-27-14-15/h2-4,12,15,17,22H,5-11,13-14H2,1H3,(H,23,25). The number of benzene rings is 1. The number of nitrogens with one attached hydrogen (secondary N) is 2. The highest BCUT2D eigenvalue weighted by atomic mass is 16.5. The summed E-state index contributed by atoms with van der Waals surface area (Å²) in [5.74, 6) is 1.58. The molecule has 2 fully saturated rings. The number of amides is 1. The van der Waals surface area contributed by atoms with Gasteiger partial charge in [-0.15, -0.1) is 0 Å². The zero-order valence-corrected chi connectivity index (χ0v) is 16.0. The second-order valence-electron chi connectivity index (χ2n) is 7.75. The van der Waals surface area contributed by atoms with Gasteiger partial charge in [-0.1, -0.05) is 6.07 Å². The van der Waals surface area contributed by atoms with Crippen LogP contribution in [0.4, 0.5) is 0 Å². The SMILES string of the molecule is COc1cccc2[nH]cc(CC(=O)NC3CCN(CC4CCOC4)CC3)c12. The highest BCUT2D eigenvalue weighted by Crippen LogP contribution is 2.28. The molecule has 2 aliphatic heterocycles. The van der Waals surface area contributed by atoms with Crippen molar-refractivity contribution in [2.75, 3.05) is 40.0 Å². The Labute approximate surface area is 160 Å². The molecule has 2 aromatic rings. The van der Waals surface area contributed by atoms with Gasteiger partial charge in [0, 0.05) is 49.4 Å². The van der Waals surface area contributed by atoms with Crippen molar-refractivity contribution in [3.05, 3.63) is 30.0 Å². The van der Waals surface area contributed by atoms with Gasteiger partial charge >= 0.3 is 0 Å². The molecule has 0 spiro atoms. The summed E-state index contributed by atoms with van der Waals surface area (Å²) in [5.41, 5.74) is 1.99. The van der Waals surface area contributed by atoms with E-state index in [0.29, 0.717) is 12.3 Å². The molecular weight excluding hydrogens is 342 g/mol. The molecule has 0 radical (unpaired) electrons. The number of hydrogen-bond acceptors (Lipinski definition) is 4. The number of fused-ring (bicyclic) bond motifs is 1. The first-order valence-corrected chi connectivity index (χ1v) is 9.95. The van der Waals surface area contributed by atoms with E-state index in [9.17, 15) is 4.79 Å². The van der Waals surface area contributed by atoms with Gasteiger partial charge in [-0.25, -0.2) is 0 Å². The Kier molecular flexibility index (Phi) is 5.64. The minimum Gasteiger partial charge on any atom is -0.496 e. The largest absolute Gasteiger partial charge is 0.496 e. The van der Waals surface area contributed by atoms with Gasteiger partial charge < -0.3 is 24.7 Å². The van der Waals surface area contributed by atoms with Crippen LogP contribution in [-0.2, 0) is 16.0 Å². The van der Waals surface area contributed by atoms with E-state index in [0.717, 1.165) is 67.9 Å². The number of H-pyrrole nitrogens is 1. The first-order valence-electron chi connectivity index (χ1n) is 9.95. The summed E-state index contributed by atoms with van der Waals surface area (Å²) < 4.78 is 10.9. The van der Waals surface area contributed by atoms with Crippen molar-refractivity contribution in [3.63, 3.8) is 0 Å². The summed E-state index contributed by atoms with van der Waals surface area (Å²) in [6.45, 7) is 5.07. The molecule has 0 saturated carbocycles. The van der Waals surface area contributed by atoms with Crippen LogP contribution in [0.15, 0.2) is 24.4 Å². The van der Waals surface area contributed by atoms with Gasteiger partial charge in [0.25, 0.3) is 0 Å². The van der Waals surface area contributed by atoms with Crippen LogP contribution >= 0.6 is 0 Å². The fraction of sp³-hybridized carbons (Fsp3) is 0.571. The number of carbonyl (C=O) groups is 1. The van der Waals surface area contributed by atoms with E-state index in [-0.39, 0.29) is 11.9 Å². The van der Waals surface area contributed by atoms with Gasteiger partial charge in [0.2, 0.25) is 5.91 Å². The maximum absolute atomic E-state index is 12.6. The molecule has 4 rings (SSSR count). The molecule has 0 aliphatic carbocycles. The summed E-state index contributed by atoms with van der Waals surface area (Å²) in [5, 5.41) is 4.23. The van der Waals surface area contributed by atoms with Gasteiger partial charge in [0.05, 0.1) is 20.1 Å². The quantitative estimate of drug-likeness (QED) is 0.818. The number of likely N-dealkylation sites (tertiary alicyclic amines) is 1. The van der Waals surface area contributed by atoms with Gasteiger partial charge in [-0.3, -0.25) is 4.79 Å². The molecule has 1 aromatic carbocycles. The van der Waals surface area contributed by atoms with E-state index in [4.69, 9.17) is 9.47 Å². The average Bonchev–Trinajstić information content (AvgIpc) is 3.33. The number of carbonyl (C=O) groups excluding carboxylic acids is 1. The van der Waals surface area contributed by atoms with Crippen LogP contribution in [0, 0.1) is 5.92 Å². The number of hydrogen-bond donors (Lipinski definition) is 2. The number of piperidine rings is 1. The summed E-state index contributed by atoms with van der Waals surface area (Å²) >= 11 is 0. The summed E-state index contributed by atoms with van der Waals surface area (Å²) in [4.78, 5) is 18.3. The van der Waals surface area contributed by atoms with E-state index < -0.39 is 0 Å². The molecule has 2 saturated heterocycles. The summed E-state index contributed by atoms with van der Waals surface area (Å²) in [6.07, 6.45) is 5.52. The minimum atomic E-state index is 0.0875. The first-order chi connectivity index (χ1) is 13.2. The van der Waals surface area contributed by atoms with E-state index in [2.05, 4.69) is 15.2 Å². The molecule has 2 N–H and O–H groups in total. The Morgan fingerprint density at radius 1 is 1.33 bits per heavy atom. The molecule has 2 aliphatic rings. The van der Waals surface area contributed by atoms with Crippen LogP contribution < -0.4 is 10.1 Å². The van der Waals surface area contributed by atoms with Crippen molar-refractivity contribution < 1.29 is 14.3 Å². The number of nitrogens with zero attached hydrogens (tertiary/aromatic N) is 1. The van der Waals surface area contributed by atoms with Crippen LogP contribution in [0.2, 0.25) is 0 Å². The van der Waals surface area contributed by atoms with Crippen molar-refractivity contribution in [3.8, 4) is 5.75 Å². The van der Waals surface area contributed by atoms with Crippen molar-refractivity contribution in [1.29, 1.82) is 0 Å². The first kappa shape index (κ1) is 18.3. The van der Waals surface area contributed by atoms with Crippen LogP contribution in [-0.4, -0.2) is 61.8 Å². The van der Waals surface area contributed by atoms with Gasteiger partial charge in [0.15, 0.2) is 0 Å². The van der Waals surface area contributed by atoms with Gasteiger partial charge in [-0.05, 0) is 42.9 Å². The number of ether oxygens (including phenoxy) is 2. The predicted octanol–water partition coefficient (Wildman–Crippen LogP) is 2.34. The molecule has 1 aromatic heterocycles. The Morgan fingerprint density at radius 2 is 2.19 bits per heavy atom. The lowest BCUT2D eigenvalue weighted by Gasteiger charge is -2.33. The normalized spacial score (nSPS) is 21.6. The smallest absolute Gasteiger partial charge is 0.224 e. The molecular formula is C21H29N3O3. The predicted molar refractivity (Wildman–Crippen MR) is 105 cm³/mol. The lowest BCUT2D eigenvalue weighted by Crippen LogP contribution is -2.46. The van der Waals surface area contributed by atoms with E-state index >= 15 is 0 Å². The summed E-state index contributed by atoms with van der Waals surface area (Å²) in [7, 11) is 1.66. The van der Waals surface area contributed by atoms with Crippen molar-refractivity contribution in [2.45, 2.75) is 31.7 Å². The van der Waals surface area contributed by atoms with Crippen LogP contribution in [0.5, 0.6) is 5.75 Å². The van der Waals surface area contributed by atoms with Crippen LogP contribution in [0.25, 0.3) is 10.9 Å². The van der Waals surface area contributed by atoms with Crippen LogP contribution in [0.1, 0.15) is 24.8 Å². The number of rotatable bonds is 6. The van der Waals surface area contributed by atoms with E-state index in [1.54, 1.807) is 7.11 Å². The Bertz CT molecular complexity index is 774. The highest BCUT2D eigenvalue weighted by molar-refractivity contribution is 5.93. The minimum absolute atomic E-state index is 0.0875. The molecule has 27 heavy (non-hydrogen) atoms. The third-order valence-corrected chi connectivity index (χ3v) is 5.81. The van der Waals surface area contributed by atoms with Crippen molar-refractivity contribution in [2.24, 2.45) is 5.92 Å². The Balaban J connectivity index is 1.29. The van der Waals surface area contributed by atoms with E-state index in [1.807, 2.05) is 24.4 Å². The number of aromatic amines is 1.